The molecule has 0 aromatic rings. The number of urea groups is 1. The molecule has 0 aromatic heterocycles. The van der Waals surface area contributed by atoms with E-state index in [-0.39, 0.29) is 5.92 Å². The average Bonchev–Trinajstić information content (AvgIpc) is 3.47. The van der Waals surface area contributed by atoms with E-state index in [9.17, 15) is 19.2 Å². The summed E-state index contributed by atoms with van der Waals surface area (Å²) in [4.78, 5) is 46.8. The van der Waals surface area contributed by atoms with E-state index in [4.69, 9.17) is 10.5 Å². The zero-order valence-electron chi connectivity index (χ0n) is 22.9. The van der Waals surface area contributed by atoms with Crippen LogP contribution in [-0.2, 0) is 14.3 Å². The highest BCUT2D eigenvalue weighted by atomic mass is 16.5. The lowest BCUT2D eigenvalue weighted by molar-refractivity contribution is -0.126. The highest BCUT2D eigenvalue weighted by molar-refractivity contribution is 5.87. The van der Waals surface area contributed by atoms with E-state index in [0.29, 0.717) is 50.0 Å². The van der Waals surface area contributed by atoms with Crippen molar-refractivity contribution in [3.8, 4) is 11.8 Å². The Labute approximate surface area is 212 Å². The molecule has 5 N–H and O–H groups in total. The first-order chi connectivity index (χ1) is 16.7. The molecule has 9 heteroatoms. The Morgan fingerprint density at radius 1 is 1.09 bits per heavy atom. The Morgan fingerprint density at radius 3 is 2.23 bits per heavy atom. The van der Waals surface area contributed by atoms with Gasteiger partial charge < -0.3 is 31.2 Å². The molecule has 202 valence electrons. The largest absolute Gasteiger partial charge is 0.449 e. The molecular weight excluding hydrogens is 448 g/mol. The van der Waals surface area contributed by atoms with Gasteiger partial charge in [-0.25, -0.2) is 9.59 Å². The van der Waals surface area contributed by atoms with E-state index >= 15 is 0 Å². The van der Waals surface area contributed by atoms with Crippen molar-refractivity contribution in [2.45, 2.75) is 93.2 Å². The van der Waals surface area contributed by atoms with Gasteiger partial charge >= 0.3 is 12.1 Å². The maximum Gasteiger partial charge on any atom is 0.407 e. The predicted molar refractivity (Wildman–Crippen MR) is 139 cm³/mol. The number of hydrogen-bond donors (Lipinski definition) is 4. The molecule has 0 saturated heterocycles. The minimum atomic E-state index is -0.828. The molecule has 5 atom stereocenters. The Morgan fingerprint density at radius 2 is 1.71 bits per heavy atom. The third-order valence-corrected chi connectivity index (χ3v) is 5.65. The second-order valence-corrected chi connectivity index (χ2v) is 8.30. The maximum absolute atomic E-state index is 12.6. The zero-order chi connectivity index (χ0) is 27.4. The van der Waals surface area contributed by atoms with Crippen molar-refractivity contribution in [2.24, 2.45) is 29.4 Å². The molecule has 0 heterocycles. The number of nitrogens with one attached hydrogen (secondary N) is 3. The minimum Gasteiger partial charge on any atom is -0.449 e. The van der Waals surface area contributed by atoms with Gasteiger partial charge in [-0.05, 0) is 49.9 Å². The molecular formula is C26H48N4O5. The van der Waals surface area contributed by atoms with Gasteiger partial charge in [-0.3, -0.25) is 4.79 Å². The van der Waals surface area contributed by atoms with E-state index in [1.54, 1.807) is 13.8 Å². The highest BCUT2D eigenvalue weighted by Gasteiger charge is 2.46. The Balaban J connectivity index is 0. The van der Waals surface area contributed by atoms with Crippen molar-refractivity contribution in [1.82, 2.24) is 16.0 Å². The fraction of sp³-hybridized carbons (Fsp3) is 0.769. The van der Waals surface area contributed by atoms with Gasteiger partial charge in [0.25, 0.3) is 0 Å². The fourth-order valence-electron chi connectivity index (χ4n) is 3.61. The first-order valence-electron chi connectivity index (χ1n) is 12.8. The normalized spacial score (nSPS) is 19.1. The van der Waals surface area contributed by atoms with Crippen molar-refractivity contribution in [1.29, 1.82) is 0 Å². The summed E-state index contributed by atoms with van der Waals surface area (Å²) >= 11 is 0. The van der Waals surface area contributed by atoms with Crippen molar-refractivity contribution in [3.05, 3.63) is 0 Å². The summed E-state index contributed by atoms with van der Waals surface area (Å²) in [6, 6.07) is -2.19. The molecule has 0 aliphatic heterocycles. The van der Waals surface area contributed by atoms with Gasteiger partial charge in [0.2, 0.25) is 5.91 Å². The molecule has 1 aliphatic rings. The van der Waals surface area contributed by atoms with Crippen LogP contribution >= 0.6 is 0 Å². The predicted octanol–water partition coefficient (Wildman–Crippen LogP) is 3.61. The third kappa shape index (κ3) is 15.0. The number of primary amides is 1. The number of aldehydes is 1. The summed E-state index contributed by atoms with van der Waals surface area (Å²) in [7, 11) is 0. The van der Waals surface area contributed by atoms with Gasteiger partial charge in [0.15, 0.2) is 0 Å². The number of carbonyl (C=O) groups is 4. The lowest BCUT2D eigenvalue weighted by atomic mass is 10.0. The number of rotatable bonds is 13. The SMILES string of the molecule is CC.CC.CC#CCCC1C(C)C1COC(=O)NC(C(=O)NC(C=O)CCCNC(N)=O)C(C)C. The lowest BCUT2D eigenvalue weighted by Gasteiger charge is -2.23. The fourth-order valence-corrected chi connectivity index (χ4v) is 3.61. The van der Waals surface area contributed by atoms with Crippen LogP contribution in [0.25, 0.3) is 0 Å². The van der Waals surface area contributed by atoms with Crippen LogP contribution in [0, 0.1) is 35.5 Å². The molecule has 4 amide bonds. The van der Waals surface area contributed by atoms with Crippen LogP contribution in [0.1, 0.15) is 81.1 Å². The molecule has 0 spiro atoms. The summed E-state index contributed by atoms with van der Waals surface area (Å²) in [5, 5.41) is 7.66. The number of ether oxygens (including phenoxy) is 1. The first-order valence-corrected chi connectivity index (χ1v) is 12.8. The standard InChI is InChI=1S/C22H36N4O5.2C2H6/c1-5-6-7-10-17-15(4)18(17)13-31-22(30)26-19(14(2)3)20(28)25-16(12-27)9-8-11-24-21(23)29;2*1-2/h12,14-19H,7-11,13H2,1-4H3,(H,25,28)(H,26,30)(H3,23,24,29);2*1-2H3. The van der Waals surface area contributed by atoms with E-state index in [1.165, 1.54) is 0 Å². The number of amides is 4. The molecule has 1 aliphatic carbocycles. The quantitative estimate of drug-likeness (QED) is 0.175. The van der Waals surface area contributed by atoms with Crippen molar-refractivity contribution >= 4 is 24.3 Å². The van der Waals surface area contributed by atoms with Crippen molar-refractivity contribution < 1.29 is 23.9 Å². The van der Waals surface area contributed by atoms with E-state index in [2.05, 4.69) is 34.7 Å². The number of carbonyl (C=O) groups excluding carboxylic acids is 4. The third-order valence-electron chi connectivity index (χ3n) is 5.65. The van der Waals surface area contributed by atoms with Gasteiger partial charge in [0.1, 0.15) is 12.3 Å². The first kappa shape index (κ1) is 34.4. The summed E-state index contributed by atoms with van der Waals surface area (Å²) in [6.07, 6.45) is 2.65. The van der Waals surface area contributed by atoms with Crippen molar-refractivity contribution in [3.63, 3.8) is 0 Å². The molecule has 1 rings (SSSR count). The van der Waals surface area contributed by atoms with Crippen molar-refractivity contribution in [2.75, 3.05) is 13.2 Å². The summed E-state index contributed by atoms with van der Waals surface area (Å²) in [5.74, 6) is 6.61. The van der Waals surface area contributed by atoms with Gasteiger partial charge in [0, 0.05) is 13.0 Å². The molecule has 9 nitrogen and oxygen atoms in total. The van der Waals surface area contributed by atoms with Crippen LogP contribution in [0.5, 0.6) is 0 Å². The Kier molecular flexibility index (Phi) is 20.3. The van der Waals surface area contributed by atoms with Gasteiger partial charge in [-0.1, -0.05) is 48.5 Å². The molecule has 0 radical (unpaired) electrons. The monoisotopic (exact) mass is 496 g/mol. The minimum absolute atomic E-state index is 0.198. The summed E-state index contributed by atoms with van der Waals surface area (Å²) in [6.45, 7) is 16.2. The molecule has 0 aromatic carbocycles. The topological polar surface area (TPSA) is 140 Å². The van der Waals surface area contributed by atoms with Crippen LogP contribution < -0.4 is 21.7 Å². The molecule has 1 saturated carbocycles. The van der Waals surface area contributed by atoms with Gasteiger partial charge in [-0.15, -0.1) is 11.8 Å². The second-order valence-electron chi connectivity index (χ2n) is 8.30. The number of nitrogens with two attached hydrogens (primary N) is 1. The molecule has 1 fully saturated rings. The van der Waals surface area contributed by atoms with Crippen LogP contribution in [0.2, 0.25) is 0 Å². The van der Waals surface area contributed by atoms with E-state index in [0.717, 1.165) is 12.8 Å². The summed E-state index contributed by atoms with van der Waals surface area (Å²) in [5.41, 5.74) is 4.98. The van der Waals surface area contributed by atoms with Crippen LogP contribution in [0.4, 0.5) is 9.59 Å². The lowest BCUT2D eigenvalue weighted by Crippen LogP contribution is -2.52. The molecule has 5 unspecified atom stereocenters. The molecule has 35 heavy (non-hydrogen) atoms. The Bertz CT molecular complexity index is 687. The Hall–Kier alpha value is -2.76. The van der Waals surface area contributed by atoms with E-state index < -0.39 is 30.1 Å². The summed E-state index contributed by atoms with van der Waals surface area (Å²) < 4.78 is 5.35. The van der Waals surface area contributed by atoms with Crippen LogP contribution in [-0.4, -0.2) is 49.6 Å². The van der Waals surface area contributed by atoms with Crippen LogP contribution in [0.3, 0.4) is 0 Å². The zero-order valence-corrected chi connectivity index (χ0v) is 22.9. The second kappa shape index (κ2) is 20.6. The smallest absolute Gasteiger partial charge is 0.407 e. The molecule has 0 bridgehead atoms. The number of hydrogen-bond acceptors (Lipinski definition) is 5. The maximum atomic E-state index is 12.6. The highest BCUT2D eigenvalue weighted by Crippen LogP contribution is 2.48. The average molecular weight is 497 g/mol. The van der Waals surface area contributed by atoms with Crippen LogP contribution in [0.15, 0.2) is 0 Å². The van der Waals surface area contributed by atoms with E-state index in [1.807, 2.05) is 34.6 Å². The van der Waals surface area contributed by atoms with Gasteiger partial charge in [0.05, 0.1) is 12.6 Å². The van der Waals surface area contributed by atoms with Gasteiger partial charge in [-0.2, -0.15) is 0 Å². The number of alkyl carbamates (subject to hydrolysis) is 1.